The highest BCUT2D eigenvalue weighted by molar-refractivity contribution is 5.92. The Morgan fingerprint density at radius 3 is 2.43 bits per heavy atom. The van der Waals surface area contributed by atoms with Crippen molar-refractivity contribution in [2.45, 2.75) is 25.7 Å². The number of nitrogens with two attached hydrogens (primary N) is 1. The van der Waals surface area contributed by atoms with Crippen molar-refractivity contribution in [3.8, 4) is 5.75 Å². The molecule has 162 valence electrons. The first-order valence-electron chi connectivity index (χ1n) is 10.0. The maximum atomic E-state index is 11.1. The molecule has 1 saturated heterocycles. The largest absolute Gasteiger partial charge is 0.494 e. The van der Waals surface area contributed by atoms with E-state index < -0.39 is 5.91 Å². The number of benzene rings is 1. The van der Waals surface area contributed by atoms with E-state index in [4.69, 9.17) is 20.4 Å². The lowest BCUT2D eigenvalue weighted by Gasteiger charge is -2.32. The molecule has 4 N–H and O–H groups in total. The van der Waals surface area contributed by atoms with Gasteiger partial charge in [-0.1, -0.05) is 6.07 Å². The molecule has 0 spiro atoms. The van der Waals surface area contributed by atoms with E-state index >= 15 is 0 Å². The molecule has 8 nitrogen and oxygen atoms in total. The van der Waals surface area contributed by atoms with Gasteiger partial charge in [0.05, 0.1) is 6.61 Å². The van der Waals surface area contributed by atoms with Gasteiger partial charge >= 0.3 is 0 Å². The van der Waals surface area contributed by atoms with Crippen LogP contribution in [-0.4, -0.2) is 53.6 Å². The number of aromatic nitrogens is 1. The van der Waals surface area contributed by atoms with Crippen molar-refractivity contribution in [2.24, 2.45) is 11.7 Å². The number of rotatable bonds is 8. The van der Waals surface area contributed by atoms with Crippen LogP contribution in [0.15, 0.2) is 47.4 Å². The van der Waals surface area contributed by atoms with Crippen LogP contribution in [0.4, 0.5) is 0 Å². The molecule has 1 aromatic carbocycles. The first kappa shape index (κ1) is 23.2. The zero-order valence-corrected chi connectivity index (χ0v) is 17.0. The van der Waals surface area contributed by atoms with Gasteiger partial charge in [0.15, 0.2) is 0 Å². The molecule has 0 unspecified atom stereocenters. The van der Waals surface area contributed by atoms with Crippen LogP contribution in [0, 0.1) is 5.92 Å². The Bertz CT molecular complexity index is 822. The summed E-state index contributed by atoms with van der Waals surface area (Å²) in [4.78, 5) is 35.8. The summed E-state index contributed by atoms with van der Waals surface area (Å²) >= 11 is 0. The summed E-state index contributed by atoms with van der Waals surface area (Å²) in [7, 11) is 0. The van der Waals surface area contributed by atoms with Crippen molar-refractivity contribution in [1.82, 2.24) is 9.88 Å². The number of hydrogen-bond donors (Lipinski definition) is 3. The van der Waals surface area contributed by atoms with Crippen LogP contribution < -0.4 is 16.0 Å². The summed E-state index contributed by atoms with van der Waals surface area (Å²) in [5.74, 6) is 1.03. The smallest absolute Gasteiger partial charge is 0.290 e. The van der Waals surface area contributed by atoms with E-state index in [2.05, 4.69) is 9.88 Å². The minimum absolute atomic E-state index is 0.0420. The van der Waals surface area contributed by atoms with Crippen molar-refractivity contribution in [1.29, 1.82) is 0 Å². The van der Waals surface area contributed by atoms with Gasteiger partial charge in [-0.05, 0) is 74.5 Å². The van der Waals surface area contributed by atoms with Crippen LogP contribution in [0.1, 0.15) is 35.2 Å². The lowest BCUT2D eigenvalue weighted by atomic mass is 9.91. The van der Waals surface area contributed by atoms with Gasteiger partial charge in [0.1, 0.15) is 5.75 Å². The predicted molar refractivity (Wildman–Crippen MR) is 114 cm³/mol. The van der Waals surface area contributed by atoms with E-state index in [1.165, 1.54) is 18.4 Å². The fourth-order valence-electron chi connectivity index (χ4n) is 3.51. The van der Waals surface area contributed by atoms with Crippen molar-refractivity contribution >= 4 is 12.4 Å². The summed E-state index contributed by atoms with van der Waals surface area (Å²) in [6.07, 6.45) is 6.22. The van der Waals surface area contributed by atoms with Gasteiger partial charge in [-0.15, -0.1) is 0 Å². The van der Waals surface area contributed by atoms with Crippen molar-refractivity contribution in [3.05, 3.63) is 64.1 Å². The number of carboxylic acid groups (broad SMARTS) is 1. The van der Waals surface area contributed by atoms with Gasteiger partial charge in [0, 0.05) is 24.4 Å². The third-order valence-corrected chi connectivity index (χ3v) is 5.11. The Hall–Kier alpha value is -3.13. The average molecular weight is 415 g/mol. The molecular weight excluding hydrogens is 386 g/mol. The van der Waals surface area contributed by atoms with Crippen LogP contribution >= 0.6 is 0 Å². The molecule has 30 heavy (non-hydrogen) atoms. The Kier molecular flexibility index (Phi) is 9.60. The summed E-state index contributed by atoms with van der Waals surface area (Å²) in [6, 6.07) is 10.5. The zero-order valence-electron chi connectivity index (χ0n) is 17.0. The summed E-state index contributed by atoms with van der Waals surface area (Å²) in [5, 5.41) is 6.89. The highest BCUT2D eigenvalue weighted by Gasteiger charge is 2.19. The van der Waals surface area contributed by atoms with Gasteiger partial charge in [0.2, 0.25) is 11.5 Å². The van der Waals surface area contributed by atoms with Gasteiger partial charge in [-0.25, -0.2) is 0 Å². The first-order valence-corrected chi connectivity index (χ1v) is 10.0. The number of nitrogens with one attached hydrogen (secondary N) is 1. The molecule has 1 aliphatic heterocycles. The molecule has 1 aromatic heterocycles. The molecular formula is C22H29N3O5. The number of primary amides is 1. The number of piperidine rings is 1. The van der Waals surface area contributed by atoms with E-state index in [1.54, 1.807) is 30.3 Å². The molecule has 2 aromatic rings. The molecule has 2 heterocycles. The number of likely N-dealkylation sites (tertiary alicyclic amines) is 1. The van der Waals surface area contributed by atoms with Crippen molar-refractivity contribution in [3.63, 3.8) is 0 Å². The maximum absolute atomic E-state index is 11.1. The Labute approximate surface area is 175 Å². The van der Waals surface area contributed by atoms with E-state index in [0.717, 1.165) is 38.2 Å². The molecule has 0 bridgehead atoms. The van der Waals surface area contributed by atoms with Gasteiger partial charge in [0.25, 0.3) is 6.47 Å². The minimum Gasteiger partial charge on any atom is -0.494 e. The third kappa shape index (κ3) is 8.08. The van der Waals surface area contributed by atoms with Gasteiger partial charge in [-0.3, -0.25) is 14.4 Å². The third-order valence-electron chi connectivity index (χ3n) is 5.11. The molecule has 8 heteroatoms. The second-order valence-corrected chi connectivity index (χ2v) is 7.25. The fraction of sp³-hybridized carbons (Fsp3) is 0.409. The standard InChI is InChI=1S/C21H27N3O3.CH2O2/c22-21(26)18-3-5-19(6-4-18)27-13-1-10-24-11-8-16(9-12-24)14-17-2-7-20(25)23-15-17;2-1-3/h2-7,15-16H,1,8-14H2,(H2,22,26)(H,23,25);1H,(H,2,3). The van der Waals surface area contributed by atoms with E-state index in [-0.39, 0.29) is 12.0 Å². The van der Waals surface area contributed by atoms with E-state index in [1.807, 2.05) is 12.3 Å². The lowest BCUT2D eigenvalue weighted by molar-refractivity contribution is -0.122. The first-order chi connectivity index (χ1) is 14.5. The van der Waals surface area contributed by atoms with Gasteiger partial charge in [-0.2, -0.15) is 0 Å². The predicted octanol–water partition coefficient (Wildman–Crippen LogP) is 1.90. The number of hydrogen-bond acceptors (Lipinski definition) is 5. The minimum atomic E-state index is -0.425. The van der Waals surface area contributed by atoms with Crippen LogP contribution in [0.25, 0.3) is 0 Å². The zero-order chi connectivity index (χ0) is 21.8. The summed E-state index contributed by atoms with van der Waals surface area (Å²) in [6.45, 7) is 3.67. The second-order valence-electron chi connectivity index (χ2n) is 7.25. The highest BCUT2D eigenvalue weighted by atomic mass is 16.5. The Balaban J connectivity index is 0.00000101. The second kappa shape index (κ2) is 12.4. The number of H-pyrrole nitrogens is 1. The number of amides is 1. The molecule has 1 fully saturated rings. The normalized spacial score (nSPS) is 14.4. The molecule has 0 radical (unpaired) electrons. The van der Waals surface area contributed by atoms with Crippen LogP contribution in [0.5, 0.6) is 5.75 Å². The average Bonchev–Trinajstić information content (AvgIpc) is 2.75. The van der Waals surface area contributed by atoms with E-state index in [0.29, 0.717) is 18.1 Å². The number of carbonyl (C=O) groups is 2. The van der Waals surface area contributed by atoms with Crippen molar-refractivity contribution in [2.75, 3.05) is 26.2 Å². The fourth-order valence-corrected chi connectivity index (χ4v) is 3.51. The molecule has 0 atom stereocenters. The quantitative estimate of drug-likeness (QED) is 0.447. The summed E-state index contributed by atoms with van der Waals surface area (Å²) in [5.41, 5.74) is 6.89. The molecule has 1 aliphatic rings. The number of aromatic amines is 1. The van der Waals surface area contributed by atoms with Crippen LogP contribution in [0.3, 0.4) is 0 Å². The molecule has 1 amide bonds. The maximum Gasteiger partial charge on any atom is 0.290 e. The monoisotopic (exact) mass is 415 g/mol. The number of carbonyl (C=O) groups excluding carboxylic acids is 1. The SMILES string of the molecule is NC(=O)c1ccc(OCCCN2CCC(Cc3ccc(=O)[nH]c3)CC2)cc1.O=CO. The molecule has 0 aliphatic carbocycles. The topological polar surface area (TPSA) is 126 Å². The van der Waals surface area contributed by atoms with Crippen LogP contribution in [-0.2, 0) is 11.2 Å². The van der Waals surface area contributed by atoms with Gasteiger partial charge < -0.3 is 25.5 Å². The number of ether oxygens (including phenoxy) is 1. The summed E-state index contributed by atoms with van der Waals surface area (Å²) < 4.78 is 5.73. The molecule has 0 saturated carbocycles. The molecule has 3 rings (SSSR count). The van der Waals surface area contributed by atoms with Crippen LogP contribution in [0.2, 0.25) is 0 Å². The lowest BCUT2D eigenvalue weighted by Crippen LogP contribution is -2.35. The Morgan fingerprint density at radius 1 is 1.20 bits per heavy atom. The van der Waals surface area contributed by atoms with E-state index in [9.17, 15) is 9.59 Å². The number of pyridine rings is 1. The highest BCUT2D eigenvalue weighted by Crippen LogP contribution is 2.21. The Morgan fingerprint density at radius 2 is 1.87 bits per heavy atom. The number of nitrogens with zero attached hydrogens (tertiary/aromatic N) is 1. The van der Waals surface area contributed by atoms with Crippen molar-refractivity contribution < 1.29 is 19.4 Å².